The van der Waals surface area contributed by atoms with Crippen molar-refractivity contribution < 1.29 is 23.9 Å². The van der Waals surface area contributed by atoms with Crippen molar-refractivity contribution in [3.63, 3.8) is 0 Å². The molecule has 2 aromatic rings. The molecule has 1 saturated heterocycles. The number of imide groups is 1. The van der Waals surface area contributed by atoms with E-state index in [0.29, 0.717) is 17.9 Å². The van der Waals surface area contributed by atoms with Crippen LogP contribution in [0.15, 0.2) is 48.5 Å². The molecule has 1 aliphatic heterocycles. The summed E-state index contributed by atoms with van der Waals surface area (Å²) in [4.78, 5) is 47.8. The molecule has 1 fully saturated rings. The van der Waals surface area contributed by atoms with Crippen molar-refractivity contribution in [1.29, 1.82) is 0 Å². The van der Waals surface area contributed by atoms with Crippen LogP contribution in [-0.4, -0.2) is 41.0 Å². The third kappa shape index (κ3) is 5.74. The number of nitrogens with one attached hydrogen (secondary N) is 3. The average molecular weight is 428 g/mol. The van der Waals surface area contributed by atoms with Gasteiger partial charge in [-0.2, -0.15) is 0 Å². The Morgan fingerprint density at radius 1 is 0.967 bits per heavy atom. The van der Waals surface area contributed by atoms with E-state index in [0.717, 1.165) is 22.9 Å². The van der Waals surface area contributed by atoms with Crippen LogP contribution in [0.3, 0.4) is 0 Å². The topological polar surface area (TPSA) is 117 Å². The number of urea groups is 1. The maximum Gasteiger partial charge on any atom is 0.411 e. The molecule has 3 N–H and O–H groups in total. The van der Waals surface area contributed by atoms with Gasteiger partial charge < -0.3 is 15.4 Å². The molecule has 3 rings (SSSR count). The third-order valence-corrected chi connectivity index (χ3v) is 5.09. The summed E-state index contributed by atoms with van der Waals surface area (Å²) in [5.41, 5.74) is 2.83. The minimum atomic E-state index is -0.552. The molecule has 0 radical (unpaired) electrons. The SMILES string of the molecule is COC(=O)Nc1ccc(CNC(=O)Nc2ccc(CN3C(=O)CSC3=O)cc2)cc1. The Morgan fingerprint density at radius 2 is 1.57 bits per heavy atom. The van der Waals surface area contributed by atoms with Gasteiger partial charge in [-0.15, -0.1) is 0 Å². The van der Waals surface area contributed by atoms with Crippen LogP contribution in [0, 0.1) is 0 Å². The zero-order valence-electron chi connectivity index (χ0n) is 16.1. The second-order valence-electron chi connectivity index (χ2n) is 6.35. The molecule has 0 aliphatic carbocycles. The van der Waals surface area contributed by atoms with E-state index in [2.05, 4.69) is 20.7 Å². The first-order valence-electron chi connectivity index (χ1n) is 8.99. The van der Waals surface area contributed by atoms with Crippen molar-refractivity contribution in [2.45, 2.75) is 13.1 Å². The number of carbonyl (C=O) groups is 4. The Balaban J connectivity index is 1.46. The Bertz CT molecular complexity index is 931. The van der Waals surface area contributed by atoms with E-state index in [-0.39, 0.29) is 29.5 Å². The number of rotatable bonds is 6. The molecule has 10 heteroatoms. The van der Waals surface area contributed by atoms with Crippen molar-refractivity contribution in [2.75, 3.05) is 23.5 Å². The molecule has 0 bridgehead atoms. The molecule has 0 unspecified atom stereocenters. The fourth-order valence-electron chi connectivity index (χ4n) is 2.64. The predicted molar refractivity (Wildman–Crippen MR) is 113 cm³/mol. The number of hydrogen-bond acceptors (Lipinski definition) is 6. The van der Waals surface area contributed by atoms with Crippen molar-refractivity contribution in [3.8, 4) is 0 Å². The van der Waals surface area contributed by atoms with Crippen molar-refractivity contribution in [1.82, 2.24) is 10.2 Å². The molecule has 156 valence electrons. The maximum absolute atomic E-state index is 12.1. The number of ether oxygens (including phenoxy) is 1. The van der Waals surface area contributed by atoms with E-state index < -0.39 is 6.09 Å². The largest absolute Gasteiger partial charge is 0.453 e. The smallest absolute Gasteiger partial charge is 0.411 e. The van der Waals surface area contributed by atoms with Crippen LogP contribution in [0.2, 0.25) is 0 Å². The standard InChI is InChI=1S/C20H20N4O5S/c1-29-19(27)23-16-6-2-13(3-7-16)10-21-18(26)22-15-8-4-14(5-9-15)11-24-17(25)12-30-20(24)28/h2-9H,10-12H2,1H3,(H,23,27)(H2,21,22,26). The lowest BCUT2D eigenvalue weighted by Gasteiger charge is -2.13. The predicted octanol–water partition coefficient (Wildman–Crippen LogP) is 3.38. The van der Waals surface area contributed by atoms with Crippen molar-refractivity contribution >= 4 is 46.4 Å². The molecule has 0 aromatic heterocycles. The van der Waals surface area contributed by atoms with E-state index >= 15 is 0 Å². The lowest BCUT2D eigenvalue weighted by molar-refractivity contribution is -0.125. The summed E-state index contributed by atoms with van der Waals surface area (Å²) >= 11 is 1.00. The van der Waals surface area contributed by atoms with E-state index in [1.165, 1.54) is 12.0 Å². The molecular weight excluding hydrogens is 408 g/mol. The first-order chi connectivity index (χ1) is 14.4. The first kappa shape index (κ1) is 21.2. The second kappa shape index (κ2) is 9.79. The number of benzene rings is 2. The molecule has 2 aromatic carbocycles. The number of anilines is 2. The lowest BCUT2D eigenvalue weighted by atomic mass is 10.2. The van der Waals surface area contributed by atoms with Gasteiger partial charge in [-0.05, 0) is 35.4 Å². The summed E-state index contributed by atoms with van der Waals surface area (Å²) in [6, 6.07) is 13.5. The molecule has 30 heavy (non-hydrogen) atoms. The highest BCUT2D eigenvalue weighted by molar-refractivity contribution is 8.14. The molecule has 1 aliphatic rings. The summed E-state index contributed by atoms with van der Waals surface area (Å²) in [6.45, 7) is 0.525. The number of carbonyl (C=O) groups excluding carboxylic acids is 4. The van der Waals surface area contributed by atoms with E-state index in [4.69, 9.17) is 0 Å². The maximum atomic E-state index is 12.1. The average Bonchev–Trinajstić information content (AvgIpc) is 3.06. The van der Waals surface area contributed by atoms with Crippen LogP contribution in [0.5, 0.6) is 0 Å². The number of amides is 5. The fraction of sp³-hybridized carbons (Fsp3) is 0.200. The van der Waals surface area contributed by atoms with Gasteiger partial charge in [0, 0.05) is 17.9 Å². The Hall–Kier alpha value is -3.53. The van der Waals surface area contributed by atoms with Crippen LogP contribution >= 0.6 is 11.8 Å². The number of thioether (sulfide) groups is 1. The van der Waals surface area contributed by atoms with Gasteiger partial charge in [0.1, 0.15) is 0 Å². The number of hydrogen-bond donors (Lipinski definition) is 3. The van der Waals surface area contributed by atoms with Gasteiger partial charge in [0.25, 0.3) is 5.24 Å². The highest BCUT2D eigenvalue weighted by Crippen LogP contribution is 2.21. The van der Waals surface area contributed by atoms with Crippen molar-refractivity contribution in [2.24, 2.45) is 0 Å². The number of methoxy groups -OCH3 is 1. The third-order valence-electron chi connectivity index (χ3n) is 4.23. The van der Waals surface area contributed by atoms with Crippen LogP contribution in [-0.2, 0) is 22.6 Å². The lowest BCUT2D eigenvalue weighted by Crippen LogP contribution is -2.28. The van der Waals surface area contributed by atoms with E-state index in [1.807, 2.05) is 0 Å². The summed E-state index contributed by atoms with van der Waals surface area (Å²) in [6.07, 6.45) is -0.552. The van der Waals surface area contributed by atoms with E-state index in [9.17, 15) is 19.2 Å². The first-order valence-corrected chi connectivity index (χ1v) is 9.98. The zero-order chi connectivity index (χ0) is 21.5. The molecule has 5 amide bonds. The normalized spacial score (nSPS) is 13.2. The molecular formula is C20H20N4O5S. The van der Waals surface area contributed by atoms with Crippen LogP contribution in [0.4, 0.5) is 25.8 Å². The van der Waals surface area contributed by atoms with Gasteiger partial charge >= 0.3 is 12.1 Å². The Morgan fingerprint density at radius 3 is 2.13 bits per heavy atom. The highest BCUT2D eigenvalue weighted by Gasteiger charge is 2.29. The van der Waals surface area contributed by atoms with Gasteiger partial charge in [0.05, 0.1) is 19.4 Å². The fourth-order valence-corrected chi connectivity index (χ4v) is 3.37. The Kier molecular flexibility index (Phi) is 6.91. The van der Waals surface area contributed by atoms with Gasteiger partial charge in [0.15, 0.2) is 0 Å². The molecule has 0 saturated carbocycles. The van der Waals surface area contributed by atoms with Crippen molar-refractivity contribution in [3.05, 3.63) is 59.7 Å². The minimum absolute atomic E-state index is 0.184. The molecule has 1 heterocycles. The van der Waals surface area contributed by atoms with Crippen LogP contribution in [0.25, 0.3) is 0 Å². The monoisotopic (exact) mass is 428 g/mol. The van der Waals surface area contributed by atoms with Gasteiger partial charge in [-0.1, -0.05) is 36.0 Å². The highest BCUT2D eigenvalue weighted by atomic mass is 32.2. The van der Waals surface area contributed by atoms with Gasteiger partial charge in [-0.3, -0.25) is 19.8 Å². The molecule has 0 atom stereocenters. The summed E-state index contributed by atoms with van der Waals surface area (Å²) in [5, 5.41) is 7.77. The quantitative estimate of drug-likeness (QED) is 0.649. The van der Waals surface area contributed by atoms with E-state index in [1.54, 1.807) is 48.5 Å². The summed E-state index contributed by atoms with van der Waals surface area (Å²) < 4.78 is 4.52. The molecule has 0 spiro atoms. The number of nitrogens with zero attached hydrogens (tertiary/aromatic N) is 1. The second-order valence-corrected chi connectivity index (χ2v) is 7.28. The summed E-state index contributed by atoms with van der Waals surface area (Å²) in [5.74, 6) is -0.0101. The van der Waals surface area contributed by atoms with Gasteiger partial charge in [-0.25, -0.2) is 9.59 Å². The summed E-state index contributed by atoms with van der Waals surface area (Å²) in [7, 11) is 1.29. The minimum Gasteiger partial charge on any atom is -0.453 e. The Labute approximate surface area is 177 Å². The van der Waals surface area contributed by atoms with Crippen LogP contribution < -0.4 is 16.0 Å². The van der Waals surface area contributed by atoms with Crippen LogP contribution in [0.1, 0.15) is 11.1 Å². The van der Waals surface area contributed by atoms with Gasteiger partial charge in [0.2, 0.25) is 5.91 Å². The molecule has 9 nitrogen and oxygen atoms in total. The zero-order valence-corrected chi connectivity index (χ0v) is 17.0.